The molecule has 0 saturated carbocycles. The fourth-order valence-electron chi connectivity index (χ4n) is 2.01. The van der Waals surface area contributed by atoms with E-state index >= 15 is 0 Å². The molecule has 1 aromatic carbocycles. The second-order valence-corrected chi connectivity index (χ2v) is 4.35. The summed E-state index contributed by atoms with van der Waals surface area (Å²) in [7, 11) is 0. The molecule has 0 aliphatic carbocycles. The number of halogens is 3. The van der Waals surface area contributed by atoms with Crippen molar-refractivity contribution in [3.63, 3.8) is 0 Å². The lowest BCUT2D eigenvalue weighted by Crippen LogP contribution is -2.39. The molecule has 1 atom stereocenters. The molecule has 1 aliphatic heterocycles. The van der Waals surface area contributed by atoms with Crippen molar-refractivity contribution in [3.05, 3.63) is 23.8 Å². The van der Waals surface area contributed by atoms with Gasteiger partial charge in [0.05, 0.1) is 11.6 Å². The van der Waals surface area contributed by atoms with Gasteiger partial charge in [-0.2, -0.15) is 0 Å². The normalized spacial score (nSPS) is 19.6. The first-order valence-corrected chi connectivity index (χ1v) is 5.75. The van der Waals surface area contributed by atoms with E-state index in [-0.39, 0.29) is 18.0 Å². The number of nitrogens with one attached hydrogen (secondary N) is 1. The van der Waals surface area contributed by atoms with Gasteiger partial charge in [-0.25, -0.2) is 0 Å². The topological polar surface area (TPSA) is 81.4 Å². The van der Waals surface area contributed by atoms with Crippen LogP contribution in [0.5, 0.6) is 5.75 Å². The van der Waals surface area contributed by atoms with Gasteiger partial charge in [0.1, 0.15) is 0 Å². The predicted octanol–water partition coefficient (Wildman–Crippen LogP) is 1.69. The third kappa shape index (κ3) is 3.19. The van der Waals surface area contributed by atoms with E-state index in [1.54, 1.807) is 0 Å². The molecule has 1 saturated heterocycles. The molecule has 1 heterocycles. The molecule has 1 fully saturated rings. The zero-order valence-electron chi connectivity index (χ0n) is 10.2. The summed E-state index contributed by atoms with van der Waals surface area (Å²) in [5.41, 5.74) is 5.71. The molecule has 0 aromatic heterocycles. The number of hydrogen-bond donors (Lipinski definition) is 2. The molecule has 0 spiro atoms. The number of nitrogens with two attached hydrogens (primary N) is 1. The van der Waals surface area contributed by atoms with Crippen LogP contribution in [0.4, 0.5) is 18.9 Å². The maximum Gasteiger partial charge on any atom is 0.573 e. The number of imide groups is 1. The zero-order chi connectivity index (χ0) is 14.9. The summed E-state index contributed by atoms with van der Waals surface area (Å²) in [6.07, 6.45) is -4.36. The Bertz CT molecular complexity index is 557. The summed E-state index contributed by atoms with van der Waals surface area (Å²) in [6, 6.07) is 3.64. The molecule has 8 heteroatoms. The van der Waals surface area contributed by atoms with Gasteiger partial charge in [0.25, 0.3) is 0 Å². The summed E-state index contributed by atoms with van der Waals surface area (Å²) >= 11 is 0. The third-order valence-corrected chi connectivity index (χ3v) is 2.90. The largest absolute Gasteiger partial charge is 0.573 e. The maximum absolute atomic E-state index is 12.1. The lowest BCUT2D eigenvalue weighted by atomic mass is 9.90. The number of ether oxygens (including phenoxy) is 1. The Hall–Kier alpha value is -2.25. The average Bonchev–Trinajstić information content (AvgIpc) is 2.30. The van der Waals surface area contributed by atoms with E-state index in [2.05, 4.69) is 10.1 Å². The summed E-state index contributed by atoms with van der Waals surface area (Å²) in [5.74, 6) is -1.97. The van der Waals surface area contributed by atoms with Gasteiger partial charge in [0.15, 0.2) is 5.75 Å². The van der Waals surface area contributed by atoms with Crippen LogP contribution in [-0.2, 0) is 9.59 Å². The molecular formula is C12H11F3N2O3. The molecule has 2 amide bonds. The van der Waals surface area contributed by atoms with Crippen molar-refractivity contribution in [2.24, 2.45) is 0 Å². The molecule has 2 rings (SSSR count). The highest BCUT2D eigenvalue weighted by molar-refractivity contribution is 6.01. The molecule has 108 valence electrons. The summed E-state index contributed by atoms with van der Waals surface area (Å²) in [5, 5.41) is 2.17. The summed E-state index contributed by atoms with van der Waals surface area (Å²) in [6.45, 7) is 0. The van der Waals surface area contributed by atoms with Gasteiger partial charge in [0, 0.05) is 6.42 Å². The van der Waals surface area contributed by atoms with Gasteiger partial charge < -0.3 is 10.5 Å². The second-order valence-electron chi connectivity index (χ2n) is 4.35. The molecule has 1 aromatic rings. The van der Waals surface area contributed by atoms with Crippen molar-refractivity contribution in [2.45, 2.75) is 25.1 Å². The highest BCUT2D eigenvalue weighted by atomic mass is 19.4. The van der Waals surface area contributed by atoms with E-state index in [0.717, 1.165) is 6.07 Å². The number of piperidine rings is 1. The van der Waals surface area contributed by atoms with Crippen LogP contribution in [0.3, 0.4) is 0 Å². The Labute approximate surface area is 111 Å². The molecular weight excluding hydrogens is 277 g/mol. The zero-order valence-corrected chi connectivity index (χ0v) is 10.2. The predicted molar refractivity (Wildman–Crippen MR) is 62.7 cm³/mol. The molecule has 5 nitrogen and oxygen atoms in total. The van der Waals surface area contributed by atoms with Crippen LogP contribution in [-0.4, -0.2) is 18.2 Å². The Balaban J connectivity index is 2.21. The fourth-order valence-corrected chi connectivity index (χ4v) is 2.01. The van der Waals surface area contributed by atoms with Crippen molar-refractivity contribution in [3.8, 4) is 5.75 Å². The van der Waals surface area contributed by atoms with Crippen LogP contribution in [0.15, 0.2) is 18.2 Å². The Kier molecular flexibility index (Phi) is 3.56. The summed E-state index contributed by atoms with van der Waals surface area (Å²) < 4.78 is 40.0. The van der Waals surface area contributed by atoms with Gasteiger partial charge >= 0.3 is 6.36 Å². The number of carbonyl (C=O) groups excluding carboxylic acids is 2. The number of rotatable bonds is 2. The molecule has 1 aliphatic rings. The van der Waals surface area contributed by atoms with Gasteiger partial charge in [-0.05, 0) is 24.1 Å². The van der Waals surface area contributed by atoms with E-state index in [1.165, 1.54) is 12.1 Å². The smallest absolute Gasteiger partial charge is 0.404 e. The van der Waals surface area contributed by atoms with E-state index in [9.17, 15) is 22.8 Å². The fraction of sp³-hybridized carbons (Fsp3) is 0.333. The van der Waals surface area contributed by atoms with Crippen molar-refractivity contribution in [2.75, 3.05) is 5.73 Å². The van der Waals surface area contributed by atoms with Crippen LogP contribution in [0, 0.1) is 0 Å². The highest BCUT2D eigenvalue weighted by Gasteiger charge is 2.33. The van der Waals surface area contributed by atoms with Crippen molar-refractivity contribution in [1.29, 1.82) is 0 Å². The number of benzene rings is 1. The Morgan fingerprint density at radius 1 is 1.30 bits per heavy atom. The first kappa shape index (κ1) is 14.2. The Morgan fingerprint density at radius 2 is 2.00 bits per heavy atom. The van der Waals surface area contributed by atoms with Gasteiger partial charge in [-0.15, -0.1) is 13.2 Å². The van der Waals surface area contributed by atoms with Gasteiger partial charge in [-0.3, -0.25) is 14.9 Å². The van der Waals surface area contributed by atoms with E-state index < -0.39 is 23.9 Å². The van der Waals surface area contributed by atoms with Crippen molar-refractivity contribution >= 4 is 17.5 Å². The quantitative estimate of drug-likeness (QED) is 0.641. The average molecular weight is 288 g/mol. The molecule has 1 unspecified atom stereocenters. The minimum Gasteiger partial charge on any atom is -0.404 e. The summed E-state index contributed by atoms with van der Waals surface area (Å²) in [4.78, 5) is 22.7. The van der Waals surface area contributed by atoms with Crippen LogP contribution < -0.4 is 15.8 Å². The highest BCUT2D eigenvalue weighted by Crippen LogP contribution is 2.33. The molecule has 20 heavy (non-hydrogen) atoms. The first-order valence-electron chi connectivity index (χ1n) is 5.75. The molecule has 0 bridgehead atoms. The SMILES string of the molecule is Nc1cc(C2CCC(=O)NC2=O)ccc1OC(F)(F)F. The third-order valence-electron chi connectivity index (χ3n) is 2.90. The second kappa shape index (κ2) is 5.03. The van der Waals surface area contributed by atoms with Crippen molar-refractivity contribution < 1.29 is 27.5 Å². The number of nitrogen functional groups attached to an aromatic ring is 1. The van der Waals surface area contributed by atoms with E-state index in [1.807, 2.05) is 0 Å². The van der Waals surface area contributed by atoms with Gasteiger partial charge in [0.2, 0.25) is 11.8 Å². The Morgan fingerprint density at radius 3 is 2.55 bits per heavy atom. The van der Waals surface area contributed by atoms with Crippen LogP contribution in [0.25, 0.3) is 0 Å². The number of hydrogen-bond acceptors (Lipinski definition) is 4. The minimum atomic E-state index is -4.83. The van der Waals surface area contributed by atoms with E-state index in [4.69, 9.17) is 5.73 Å². The van der Waals surface area contributed by atoms with Crippen LogP contribution >= 0.6 is 0 Å². The minimum absolute atomic E-state index is 0.178. The maximum atomic E-state index is 12.1. The van der Waals surface area contributed by atoms with Crippen molar-refractivity contribution in [1.82, 2.24) is 5.32 Å². The monoisotopic (exact) mass is 288 g/mol. The number of carbonyl (C=O) groups is 2. The lowest BCUT2D eigenvalue weighted by Gasteiger charge is -2.22. The van der Waals surface area contributed by atoms with Gasteiger partial charge in [-0.1, -0.05) is 6.07 Å². The van der Waals surface area contributed by atoms with E-state index in [0.29, 0.717) is 12.0 Å². The number of anilines is 1. The molecule has 0 radical (unpaired) electrons. The first-order chi connectivity index (χ1) is 9.26. The lowest BCUT2D eigenvalue weighted by molar-refractivity contribution is -0.274. The van der Waals surface area contributed by atoms with Crippen LogP contribution in [0.2, 0.25) is 0 Å². The number of amides is 2. The number of alkyl halides is 3. The van der Waals surface area contributed by atoms with Crippen LogP contribution in [0.1, 0.15) is 24.3 Å². The standard InChI is InChI=1S/C12H11F3N2O3/c13-12(14,15)20-9-3-1-6(5-8(9)16)7-2-4-10(18)17-11(7)19/h1,3,5,7H,2,4,16H2,(H,17,18,19). The molecule has 3 N–H and O–H groups in total.